The van der Waals surface area contributed by atoms with E-state index < -0.39 is 10.0 Å². The van der Waals surface area contributed by atoms with Gasteiger partial charge in [-0.1, -0.05) is 20.8 Å². The van der Waals surface area contributed by atoms with Crippen molar-refractivity contribution >= 4 is 15.7 Å². The zero-order chi connectivity index (χ0) is 14.7. The first kappa shape index (κ1) is 15.9. The van der Waals surface area contributed by atoms with Crippen molar-refractivity contribution < 1.29 is 8.42 Å². The summed E-state index contributed by atoms with van der Waals surface area (Å²) in [4.78, 5) is 0.108. The zero-order valence-corrected chi connectivity index (χ0v) is 12.5. The lowest BCUT2D eigenvalue weighted by Crippen LogP contribution is -2.33. The van der Waals surface area contributed by atoms with Crippen LogP contribution in [0.25, 0.3) is 0 Å². The summed E-state index contributed by atoms with van der Waals surface area (Å²) in [6.45, 7) is 7.08. The third kappa shape index (κ3) is 6.04. The van der Waals surface area contributed by atoms with Gasteiger partial charge in [-0.05, 0) is 36.1 Å². The molecule has 5 N–H and O–H groups in total. The standard InChI is InChI=1S/C13H23N3O2S/c1-13(2,3)8-10(14)9-16-11-4-6-12(7-5-11)19(15,17)18/h4-7,10,16H,8-9,14H2,1-3H3,(H2,15,17,18). The number of nitrogens with one attached hydrogen (secondary N) is 1. The van der Waals surface area contributed by atoms with Gasteiger partial charge in [-0.15, -0.1) is 0 Å². The molecule has 0 bridgehead atoms. The Hall–Kier alpha value is -1.11. The average molecular weight is 285 g/mol. The Bertz CT molecular complexity index is 504. The fourth-order valence-electron chi connectivity index (χ4n) is 1.87. The summed E-state index contributed by atoms with van der Waals surface area (Å²) >= 11 is 0. The first-order valence-corrected chi connectivity index (χ1v) is 7.75. The second-order valence-electron chi connectivity index (χ2n) is 5.98. The Morgan fingerprint density at radius 1 is 1.21 bits per heavy atom. The van der Waals surface area contributed by atoms with Gasteiger partial charge in [0.15, 0.2) is 0 Å². The highest BCUT2D eigenvalue weighted by molar-refractivity contribution is 7.89. The Morgan fingerprint density at radius 3 is 2.16 bits per heavy atom. The zero-order valence-electron chi connectivity index (χ0n) is 11.7. The molecule has 0 heterocycles. The van der Waals surface area contributed by atoms with Crippen molar-refractivity contribution in [2.75, 3.05) is 11.9 Å². The monoisotopic (exact) mass is 285 g/mol. The highest BCUT2D eigenvalue weighted by Crippen LogP contribution is 2.20. The molecule has 0 radical (unpaired) electrons. The van der Waals surface area contributed by atoms with Gasteiger partial charge in [0.25, 0.3) is 0 Å². The number of anilines is 1. The van der Waals surface area contributed by atoms with E-state index in [-0.39, 0.29) is 16.4 Å². The minimum absolute atomic E-state index is 0.0536. The minimum Gasteiger partial charge on any atom is -0.383 e. The molecule has 1 aromatic carbocycles. The van der Waals surface area contributed by atoms with Gasteiger partial charge in [0.1, 0.15) is 0 Å². The normalized spacial score (nSPS) is 14.2. The first-order valence-electron chi connectivity index (χ1n) is 6.20. The quantitative estimate of drug-likeness (QED) is 0.763. The van der Waals surface area contributed by atoms with Gasteiger partial charge in [0, 0.05) is 18.3 Å². The van der Waals surface area contributed by atoms with Crippen molar-refractivity contribution in [2.45, 2.75) is 38.1 Å². The molecule has 108 valence electrons. The summed E-state index contributed by atoms with van der Waals surface area (Å²) < 4.78 is 22.2. The van der Waals surface area contributed by atoms with Crippen molar-refractivity contribution in [1.82, 2.24) is 0 Å². The molecule has 1 rings (SSSR count). The topological polar surface area (TPSA) is 98.2 Å². The molecule has 0 aliphatic rings. The van der Waals surface area contributed by atoms with Crippen molar-refractivity contribution in [3.05, 3.63) is 24.3 Å². The molecule has 6 heteroatoms. The summed E-state index contributed by atoms with van der Waals surface area (Å²) in [6, 6.07) is 6.38. The van der Waals surface area contributed by atoms with E-state index in [1.807, 2.05) is 0 Å². The molecule has 0 spiro atoms. The molecule has 0 amide bonds. The van der Waals surface area contributed by atoms with Crippen molar-refractivity contribution in [3.8, 4) is 0 Å². The van der Waals surface area contributed by atoms with Crippen molar-refractivity contribution in [1.29, 1.82) is 0 Å². The van der Waals surface area contributed by atoms with E-state index in [0.29, 0.717) is 6.54 Å². The fourth-order valence-corrected chi connectivity index (χ4v) is 2.39. The molecular formula is C13H23N3O2S. The van der Waals surface area contributed by atoms with Crippen LogP contribution in [0.3, 0.4) is 0 Å². The highest BCUT2D eigenvalue weighted by atomic mass is 32.2. The second-order valence-corrected chi connectivity index (χ2v) is 7.54. The molecule has 5 nitrogen and oxygen atoms in total. The number of hydrogen-bond donors (Lipinski definition) is 3. The maximum atomic E-state index is 11.1. The van der Waals surface area contributed by atoms with Crippen LogP contribution in [-0.4, -0.2) is 21.0 Å². The van der Waals surface area contributed by atoms with E-state index in [1.165, 1.54) is 12.1 Å². The minimum atomic E-state index is -3.63. The van der Waals surface area contributed by atoms with Crippen molar-refractivity contribution in [3.63, 3.8) is 0 Å². The molecular weight excluding hydrogens is 262 g/mol. The summed E-state index contributed by atoms with van der Waals surface area (Å²) in [6.07, 6.45) is 0.912. The van der Waals surface area contributed by atoms with Gasteiger partial charge in [-0.2, -0.15) is 0 Å². The molecule has 1 atom stereocenters. The average Bonchev–Trinajstić information content (AvgIpc) is 2.23. The van der Waals surface area contributed by atoms with Crippen LogP contribution in [0.4, 0.5) is 5.69 Å². The summed E-state index contributed by atoms with van der Waals surface area (Å²) in [5.74, 6) is 0. The summed E-state index contributed by atoms with van der Waals surface area (Å²) in [5, 5.41) is 8.22. The van der Waals surface area contributed by atoms with Crippen molar-refractivity contribution in [2.24, 2.45) is 16.3 Å². The van der Waals surface area contributed by atoms with Crippen LogP contribution >= 0.6 is 0 Å². The van der Waals surface area contributed by atoms with Gasteiger partial charge in [-0.25, -0.2) is 13.6 Å². The first-order chi connectivity index (χ1) is 8.58. The predicted molar refractivity (Wildman–Crippen MR) is 78.4 cm³/mol. The largest absolute Gasteiger partial charge is 0.383 e. The smallest absolute Gasteiger partial charge is 0.238 e. The van der Waals surface area contributed by atoms with Gasteiger partial charge in [0.05, 0.1) is 4.90 Å². The predicted octanol–water partition coefficient (Wildman–Crippen LogP) is 1.51. The molecule has 0 saturated carbocycles. The molecule has 1 aromatic rings. The maximum absolute atomic E-state index is 11.1. The van der Waals surface area contributed by atoms with E-state index in [0.717, 1.165) is 12.1 Å². The van der Waals surface area contributed by atoms with Crippen LogP contribution in [0.15, 0.2) is 29.2 Å². The fraction of sp³-hybridized carbons (Fsp3) is 0.538. The lowest BCUT2D eigenvalue weighted by atomic mass is 9.88. The molecule has 0 aromatic heterocycles. The molecule has 0 aliphatic heterocycles. The number of primary sulfonamides is 1. The summed E-state index contributed by atoms with van der Waals surface area (Å²) in [5.41, 5.74) is 7.05. The Balaban J connectivity index is 2.55. The second kappa shape index (κ2) is 5.90. The van der Waals surface area contributed by atoms with E-state index in [2.05, 4.69) is 26.1 Å². The third-order valence-electron chi connectivity index (χ3n) is 2.63. The van der Waals surface area contributed by atoms with Gasteiger partial charge >= 0.3 is 0 Å². The molecule has 0 fully saturated rings. The number of benzene rings is 1. The number of rotatable bonds is 5. The van der Waals surface area contributed by atoms with Gasteiger partial charge in [0.2, 0.25) is 10.0 Å². The van der Waals surface area contributed by atoms with E-state index in [1.54, 1.807) is 12.1 Å². The number of sulfonamides is 1. The molecule has 1 unspecified atom stereocenters. The van der Waals surface area contributed by atoms with Crippen LogP contribution in [0.5, 0.6) is 0 Å². The van der Waals surface area contributed by atoms with Crippen LogP contribution in [0, 0.1) is 5.41 Å². The van der Waals surface area contributed by atoms with Gasteiger partial charge in [-0.3, -0.25) is 0 Å². The maximum Gasteiger partial charge on any atom is 0.238 e. The number of nitrogens with two attached hydrogens (primary N) is 2. The molecule has 0 aliphatic carbocycles. The Morgan fingerprint density at radius 2 is 1.74 bits per heavy atom. The van der Waals surface area contributed by atoms with Crippen LogP contribution in [0.2, 0.25) is 0 Å². The SMILES string of the molecule is CC(C)(C)CC(N)CNc1ccc(S(N)(=O)=O)cc1. The van der Waals surface area contributed by atoms with Crippen LogP contribution < -0.4 is 16.2 Å². The van der Waals surface area contributed by atoms with Crippen LogP contribution in [-0.2, 0) is 10.0 Å². The summed E-state index contributed by atoms with van der Waals surface area (Å²) in [7, 11) is -3.63. The van der Waals surface area contributed by atoms with Gasteiger partial charge < -0.3 is 11.1 Å². The Kier molecular flexibility index (Phi) is 4.95. The molecule has 19 heavy (non-hydrogen) atoms. The van der Waals surface area contributed by atoms with E-state index in [9.17, 15) is 8.42 Å². The third-order valence-corrected chi connectivity index (χ3v) is 3.56. The Labute approximate surface area is 115 Å². The molecule has 0 saturated heterocycles. The van der Waals surface area contributed by atoms with E-state index in [4.69, 9.17) is 10.9 Å². The lowest BCUT2D eigenvalue weighted by molar-refractivity contribution is 0.345. The number of hydrogen-bond acceptors (Lipinski definition) is 4. The van der Waals surface area contributed by atoms with Crippen LogP contribution in [0.1, 0.15) is 27.2 Å². The van der Waals surface area contributed by atoms with E-state index >= 15 is 0 Å². The lowest BCUT2D eigenvalue weighted by Gasteiger charge is -2.23. The highest BCUT2D eigenvalue weighted by Gasteiger charge is 2.15.